The van der Waals surface area contributed by atoms with E-state index in [4.69, 9.17) is 12.2 Å². The molecule has 44 heavy (non-hydrogen) atoms. The molecule has 0 radical (unpaired) electrons. The first-order chi connectivity index (χ1) is 21.0. The molecule has 1 aromatic heterocycles. The first kappa shape index (κ1) is 31.2. The molecule has 0 aliphatic carbocycles. The van der Waals surface area contributed by atoms with Gasteiger partial charge in [0.15, 0.2) is 16.1 Å². The molecule has 0 atom stereocenters. The largest absolute Gasteiger partial charge is 0.573 e. The number of halogens is 3. The van der Waals surface area contributed by atoms with E-state index in [1.165, 1.54) is 47.0 Å². The van der Waals surface area contributed by atoms with Crippen LogP contribution >= 0.6 is 24.0 Å². The summed E-state index contributed by atoms with van der Waals surface area (Å²) in [6, 6.07) is 19.2. The smallest absolute Gasteiger partial charge is 0.406 e. The van der Waals surface area contributed by atoms with Crippen molar-refractivity contribution >= 4 is 45.9 Å². The lowest BCUT2D eigenvalue weighted by Crippen LogP contribution is -2.32. The van der Waals surface area contributed by atoms with Gasteiger partial charge in [-0.2, -0.15) is 4.99 Å². The van der Waals surface area contributed by atoms with Gasteiger partial charge in [0.1, 0.15) is 12.1 Å². The highest BCUT2D eigenvalue weighted by Crippen LogP contribution is 2.34. The van der Waals surface area contributed by atoms with E-state index in [9.17, 15) is 18.0 Å². The third-order valence-electron chi connectivity index (χ3n) is 6.74. The summed E-state index contributed by atoms with van der Waals surface area (Å²) in [4.78, 5) is 23.4. The molecule has 1 N–H and O–H groups in total. The lowest BCUT2D eigenvalue weighted by atomic mass is 9.98. The van der Waals surface area contributed by atoms with Crippen molar-refractivity contribution in [1.82, 2.24) is 20.1 Å². The molecule has 0 spiro atoms. The van der Waals surface area contributed by atoms with Crippen LogP contribution in [-0.2, 0) is 11.2 Å². The van der Waals surface area contributed by atoms with Gasteiger partial charge in [-0.3, -0.25) is 9.69 Å². The van der Waals surface area contributed by atoms with E-state index in [1.807, 2.05) is 43.3 Å². The Kier molecular flexibility index (Phi) is 9.35. The zero-order chi connectivity index (χ0) is 31.4. The average Bonchev–Trinajstić information content (AvgIpc) is 3.60. The number of aryl methyl sites for hydroxylation is 1. The Balaban J connectivity index is 1.17. The molecular weight excluding hydrogens is 610 g/mol. The van der Waals surface area contributed by atoms with Gasteiger partial charge in [-0.1, -0.05) is 67.6 Å². The summed E-state index contributed by atoms with van der Waals surface area (Å²) in [6.07, 6.45) is -2.57. The molecular formula is C31H29F3N6O2S2. The number of alkyl halides is 3. The number of benzene rings is 3. The van der Waals surface area contributed by atoms with Crippen molar-refractivity contribution in [3.63, 3.8) is 0 Å². The highest BCUT2D eigenvalue weighted by molar-refractivity contribution is 8.15. The van der Waals surface area contributed by atoms with Crippen LogP contribution in [0.3, 0.4) is 0 Å². The molecule has 0 saturated carbocycles. The average molecular weight is 639 g/mol. The van der Waals surface area contributed by atoms with E-state index in [0.717, 1.165) is 27.9 Å². The van der Waals surface area contributed by atoms with Crippen LogP contribution in [0.4, 0.5) is 18.9 Å². The molecule has 1 fully saturated rings. The second-order valence-corrected chi connectivity index (χ2v) is 11.7. The fourth-order valence-electron chi connectivity index (χ4n) is 4.60. The number of hydrogen-bond donors (Lipinski definition) is 1. The second-order valence-electron chi connectivity index (χ2n) is 10.4. The predicted molar refractivity (Wildman–Crippen MR) is 170 cm³/mol. The van der Waals surface area contributed by atoms with Gasteiger partial charge in [0.05, 0.1) is 17.1 Å². The Bertz CT molecular complexity index is 1690. The minimum Gasteiger partial charge on any atom is -0.406 e. The van der Waals surface area contributed by atoms with Crippen molar-refractivity contribution in [3.05, 3.63) is 89.7 Å². The molecule has 1 amide bonds. The zero-order valence-electron chi connectivity index (χ0n) is 24.1. The lowest BCUT2D eigenvalue weighted by molar-refractivity contribution is -0.274. The van der Waals surface area contributed by atoms with Crippen LogP contribution in [0.5, 0.6) is 5.75 Å². The SMILES string of the molecule is Cc1ccc(N2C(=O)CS/C2=N\C(=S)NCCc2ccc(-c3ncn(-c4ccc(OC(F)(F)F)cc4)n3)cc2)c(C(C)C)c1. The number of aromatic nitrogens is 3. The summed E-state index contributed by atoms with van der Waals surface area (Å²) in [5.74, 6) is 0.710. The molecule has 13 heteroatoms. The number of amidine groups is 1. The zero-order valence-corrected chi connectivity index (χ0v) is 25.8. The number of ether oxygens (including phenoxy) is 1. The number of amides is 1. The Morgan fingerprint density at radius 3 is 2.52 bits per heavy atom. The second kappa shape index (κ2) is 13.2. The number of nitrogens with zero attached hydrogens (tertiary/aromatic N) is 5. The Labute approximate surface area is 262 Å². The number of anilines is 1. The number of hydrogen-bond acceptors (Lipinski definition) is 6. The van der Waals surface area contributed by atoms with Gasteiger partial charge in [-0.25, -0.2) is 9.67 Å². The molecule has 0 bridgehead atoms. The molecule has 0 unspecified atom stereocenters. The summed E-state index contributed by atoms with van der Waals surface area (Å²) in [5.41, 5.74) is 5.46. The number of carbonyl (C=O) groups is 1. The number of carbonyl (C=O) groups excluding carboxylic acids is 1. The van der Waals surface area contributed by atoms with Gasteiger partial charge < -0.3 is 10.1 Å². The van der Waals surface area contributed by atoms with E-state index in [-0.39, 0.29) is 17.6 Å². The normalized spacial score (nSPS) is 14.5. The highest BCUT2D eigenvalue weighted by Gasteiger charge is 2.32. The van der Waals surface area contributed by atoms with Crippen LogP contribution < -0.4 is 15.0 Å². The third-order valence-corrected chi connectivity index (χ3v) is 7.90. The third kappa shape index (κ3) is 7.64. The number of thiocarbonyl (C=S) groups is 1. The van der Waals surface area contributed by atoms with Crippen LogP contribution in [0, 0.1) is 6.92 Å². The van der Waals surface area contributed by atoms with Crippen LogP contribution in [-0.4, -0.2) is 49.6 Å². The number of thioether (sulfide) groups is 1. The van der Waals surface area contributed by atoms with Gasteiger partial charge in [0, 0.05) is 12.1 Å². The van der Waals surface area contributed by atoms with Crippen LogP contribution in [0.15, 0.2) is 78.0 Å². The molecule has 1 saturated heterocycles. The van der Waals surface area contributed by atoms with Crippen molar-refractivity contribution in [3.8, 4) is 22.8 Å². The van der Waals surface area contributed by atoms with E-state index in [1.54, 1.807) is 4.90 Å². The molecule has 1 aliphatic heterocycles. The van der Waals surface area contributed by atoms with Gasteiger partial charge in [0.25, 0.3) is 0 Å². The van der Waals surface area contributed by atoms with Gasteiger partial charge in [-0.05, 0) is 72.9 Å². The fraction of sp³-hybridized carbons (Fsp3) is 0.258. The quantitative estimate of drug-likeness (QED) is 0.212. The maximum atomic E-state index is 12.8. The monoisotopic (exact) mass is 638 g/mol. The molecule has 228 valence electrons. The van der Waals surface area contributed by atoms with Crippen molar-refractivity contribution in [2.75, 3.05) is 17.2 Å². The first-order valence-electron chi connectivity index (χ1n) is 13.8. The highest BCUT2D eigenvalue weighted by atomic mass is 32.2. The molecule has 5 rings (SSSR count). The summed E-state index contributed by atoms with van der Waals surface area (Å²) < 4.78 is 42.6. The predicted octanol–water partition coefficient (Wildman–Crippen LogP) is 6.82. The summed E-state index contributed by atoms with van der Waals surface area (Å²) >= 11 is 6.86. The molecule has 1 aliphatic rings. The van der Waals surface area contributed by atoms with Crippen molar-refractivity contribution in [2.24, 2.45) is 4.99 Å². The van der Waals surface area contributed by atoms with Gasteiger partial charge >= 0.3 is 6.36 Å². The lowest BCUT2D eigenvalue weighted by Gasteiger charge is -2.22. The fourth-order valence-corrected chi connectivity index (χ4v) is 5.72. The summed E-state index contributed by atoms with van der Waals surface area (Å²) in [5, 5.41) is 8.49. The number of rotatable bonds is 8. The van der Waals surface area contributed by atoms with E-state index in [2.05, 4.69) is 45.0 Å². The van der Waals surface area contributed by atoms with E-state index < -0.39 is 6.36 Å². The minimum absolute atomic E-state index is 0.0184. The van der Waals surface area contributed by atoms with Crippen molar-refractivity contribution < 1.29 is 22.7 Å². The number of aliphatic imine (C=N–C) groups is 1. The molecule has 8 nitrogen and oxygen atoms in total. The first-order valence-corrected chi connectivity index (χ1v) is 15.2. The van der Waals surface area contributed by atoms with Crippen molar-refractivity contribution in [1.29, 1.82) is 0 Å². The van der Waals surface area contributed by atoms with Crippen LogP contribution in [0.2, 0.25) is 0 Å². The Morgan fingerprint density at radius 1 is 1.11 bits per heavy atom. The standard InChI is InChI=1S/C31H29F3N6O2S2/c1-19(2)25-16-20(3)4-13-26(25)40-27(41)17-44-30(40)37-29(43)35-15-14-21-5-7-22(8-6-21)28-36-18-39(38-28)23-9-11-24(12-10-23)42-31(32,33)34/h4-13,16,18-19H,14-15,17H2,1-3H3,(H,35,43)/b37-30-. The topological polar surface area (TPSA) is 84.6 Å². The van der Waals surface area contributed by atoms with E-state index in [0.29, 0.717) is 40.5 Å². The van der Waals surface area contributed by atoms with Crippen LogP contribution in [0.1, 0.15) is 36.5 Å². The van der Waals surface area contributed by atoms with Gasteiger partial charge in [0.2, 0.25) is 5.91 Å². The van der Waals surface area contributed by atoms with Crippen molar-refractivity contribution in [2.45, 2.75) is 39.5 Å². The molecule has 2 heterocycles. The summed E-state index contributed by atoms with van der Waals surface area (Å²) in [6.45, 7) is 6.80. The van der Waals surface area contributed by atoms with Gasteiger partial charge in [-0.15, -0.1) is 18.3 Å². The molecule has 4 aromatic rings. The maximum Gasteiger partial charge on any atom is 0.573 e. The maximum absolute atomic E-state index is 12.8. The van der Waals surface area contributed by atoms with Crippen LogP contribution in [0.25, 0.3) is 17.1 Å². The van der Waals surface area contributed by atoms with E-state index >= 15 is 0 Å². The Hall–Kier alpha value is -4.23. The minimum atomic E-state index is -4.75. The summed E-state index contributed by atoms with van der Waals surface area (Å²) in [7, 11) is 0. The number of nitrogens with one attached hydrogen (secondary N) is 1. The Morgan fingerprint density at radius 2 is 1.84 bits per heavy atom. The molecule has 3 aromatic carbocycles.